The van der Waals surface area contributed by atoms with Crippen LogP contribution in [-0.4, -0.2) is 98.7 Å². The first-order valence-electron chi connectivity index (χ1n) is 19.8. The molecule has 11 nitrogen and oxygen atoms in total. The number of ether oxygens (including phenoxy) is 3. The normalized spacial score (nSPS) is 15.3. The van der Waals surface area contributed by atoms with Crippen molar-refractivity contribution < 1.29 is 37.3 Å². The SMILES string of the molecule is Cc1c(-c2c(-c3cccc4c3CCC4)ncc3snc(OC(Cc4ccccc4OCc4ccnn4CC(F)(F)F)C(=O)O)c23)ccc(OCCN2CCN(C)CC2)c1Cl. The van der Waals surface area contributed by atoms with Gasteiger partial charge in [0.25, 0.3) is 0 Å². The van der Waals surface area contributed by atoms with Crippen LogP contribution in [0.25, 0.3) is 32.5 Å². The summed E-state index contributed by atoms with van der Waals surface area (Å²) in [7, 11) is 2.13. The van der Waals surface area contributed by atoms with Gasteiger partial charge in [0.15, 0.2) is 0 Å². The van der Waals surface area contributed by atoms with E-state index < -0.39 is 24.8 Å². The fourth-order valence-electron chi connectivity index (χ4n) is 7.97. The van der Waals surface area contributed by atoms with E-state index in [0.29, 0.717) is 44.5 Å². The molecule has 60 heavy (non-hydrogen) atoms. The number of carbonyl (C=O) groups is 1. The van der Waals surface area contributed by atoms with Crippen LogP contribution in [0.5, 0.6) is 17.4 Å². The molecule has 16 heteroatoms. The quantitative estimate of drug-likeness (QED) is 0.108. The summed E-state index contributed by atoms with van der Waals surface area (Å²) in [4.78, 5) is 22.7. The molecule has 1 atom stereocenters. The van der Waals surface area contributed by atoms with Gasteiger partial charge in [-0.3, -0.25) is 14.6 Å². The van der Waals surface area contributed by atoms with Crippen LogP contribution in [0.15, 0.2) is 73.1 Å². The van der Waals surface area contributed by atoms with Crippen molar-refractivity contribution in [2.45, 2.75) is 58.0 Å². The Hall–Kier alpha value is -5.22. The van der Waals surface area contributed by atoms with Gasteiger partial charge >= 0.3 is 12.1 Å². The predicted molar refractivity (Wildman–Crippen MR) is 224 cm³/mol. The molecule has 3 aromatic heterocycles. The molecule has 1 saturated heterocycles. The van der Waals surface area contributed by atoms with Crippen molar-refractivity contribution >= 4 is 39.2 Å². The number of carboxylic acid groups (broad SMARTS) is 1. The molecule has 2 aliphatic rings. The summed E-state index contributed by atoms with van der Waals surface area (Å²) in [6.07, 6.45) is -0.0639. The van der Waals surface area contributed by atoms with Gasteiger partial charge in [-0.2, -0.15) is 22.6 Å². The van der Waals surface area contributed by atoms with Gasteiger partial charge in [-0.05, 0) is 90.8 Å². The second-order valence-corrected chi connectivity index (χ2v) is 16.4. The van der Waals surface area contributed by atoms with Crippen LogP contribution in [0, 0.1) is 6.92 Å². The first kappa shape index (κ1) is 41.5. The van der Waals surface area contributed by atoms with Gasteiger partial charge in [0.1, 0.15) is 31.3 Å². The summed E-state index contributed by atoms with van der Waals surface area (Å²) < 4.78 is 64.2. The highest BCUT2D eigenvalue weighted by Crippen LogP contribution is 2.47. The molecule has 0 bridgehead atoms. The molecule has 6 aromatic rings. The molecule has 1 aliphatic carbocycles. The Morgan fingerprint density at radius 1 is 0.983 bits per heavy atom. The van der Waals surface area contributed by atoms with Crippen molar-refractivity contribution in [1.82, 2.24) is 28.9 Å². The van der Waals surface area contributed by atoms with Crippen molar-refractivity contribution in [3.8, 4) is 39.8 Å². The maximum atomic E-state index is 13.1. The molecular formula is C44H44ClF3N6O5S. The van der Waals surface area contributed by atoms with Crippen LogP contribution in [-0.2, 0) is 37.2 Å². The number of aliphatic carboxylic acids is 1. The Kier molecular flexibility index (Phi) is 12.3. The van der Waals surface area contributed by atoms with E-state index in [4.69, 9.17) is 30.8 Å². The van der Waals surface area contributed by atoms with E-state index >= 15 is 0 Å². The first-order chi connectivity index (χ1) is 28.9. The van der Waals surface area contributed by atoms with E-state index in [-0.39, 0.29) is 24.6 Å². The number of carboxylic acids is 1. The number of piperazine rings is 1. The number of halogens is 4. The molecule has 0 saturated carbocycles. The average Bonchev–Trinajstić information content (AvgIpc) is 3.99. The number of likely N-dealkylation sites (N-methyl/N-ethyl adjacent to an activating group) is 1. The Labute approximate surface area is 354 Å². The number of para-hydroxylation sites is 1. The van der Waals surface area contributed by atoms with Gasteiger partial charge in [-0.15, -0.1) is 0 Å². The zero-order chi connectivity index (χ0) is 42.0. The Bertz CT molecular complexity index is 2500. The van der Waals surface area contributed by atoms with Crippen LogP contribution in [0.4, 0.5) is 13.2 Å². The first-order valence-corrected chi connectivity index (χ1v) is 21.0. The number of pyridine rings is 1. The minimum absolute atomic E-state index is 0.128. The number of aromatic nitrogens is 4. The van der Waals surface area contributed by atoms with E-state index in [1.54, 1.807) is 30.5 Å². The molecule has 1 unspecified atom stereocenters. The molecular weight excluding hydrogens is 817 g/mol. The van der Waals surface area contributed by atoms with Gasteiger partial charge < -0.3 is 24.2 Å². The van der Waals surface area contributed by atoms with Crippen molar-refractivity contribution in [3.63, 3.8) is 0 Å². The lowest BCUT2D eigenvalue weighted by molar-refractivity contribution is -0.145. The summed E-state index contributed by atoms with van der Waals surface area (Å²) >= 11 is 8.27. The molecule has 0 spiro atoms. The number of fused-ring (bicyclic) bond motifs is 2. The van der Waals surface area contributed by atoms with E-state index in [1.807, 2.05) is 25.1 Å². The summed E-state index contributed by atoms with van der Waals surface area (Å²) in [5, 5.41) is 15.4. The maximum Gasteiger partial charge on any atom is 0.408 e. The maximum absolute atomic E-state index is 13.1. The third-order valence-corrected chi connectivity index (χ3v) is 12.4. The lowest BCUT2D eigenvalue weighted by Crippen LogP contribution is -2.45. The van der Waals surface area contributed by atoms with Gasteiger partial charge in [-0.1, -0.05) is 54.1 Å². The predicted octanol–water partition coefficient (Wildman–Crippen LogP) is 8.51. The monoisotopic (exact) mass is 860 g/mol. The van der Waals surface area contributed by atoms with Crippen molar-refractivity contribution in [1.29, 1.82) is 0 Å². The fourth-order valence-corrected chi connectivity index (χ4v) is 8.89. The van der Waals surface area contributed by atoms with E-state index in [9.17, 15) is 23.1 Å². The summed E-state index contributed by atoms with van der Waals surface area (Å²) in [6.45, 7) is 5.74. The lowest BCUT2D eigenvalue weighted by Gasteiger charge is -2.32. The van der Waals surface area contributed by atoms with Crippen LogP contribution in [0.3, 0.4) is 0 Å². The number of nitrogens with zero attached hydrogens (tertiary/aromatic N) is 6. The highest BCUT2D eigenvalue weighted by atomic mass is 35.5. The molecule has 3 aromatic carbocycles. The van der Waals surface area contributed by atoms with Crippen molar-refractivity contribution in [3.05, 3.63) is 106 Å². The second kappa shape index (κ2) is 17.8. The molecule has 4 heterocycles. The number of alkyl halides is 3. The van der Waals surface area contributed by atoms with E-state index in [2.05, 4.69) is 38.5 Å². The number of benzene rings is 3. The number of rotatable bonds is 15. The third kappa shape index (κ3) is 9.09. The summed E-state index contributed by atoms with van der Waals surface area (Å²) in [6, 6.07) is 18.3. The molecule has 1 fully saturated rings. The van der Waals surface area contributed by atoms with Gasteiger partial charge in [-0.25, -0.2) is 4.79 Å². The largest absolute Gasteiger partial charge is 0.491 e. The second-order valence-electron chi connectivity index (χ2n) is 15.2. The van der Waals surface area contributed by atoms with Gasteiger partial charge in [0.2, 0.25) is 12.0 Å². The third-order valence-electron chi connectivity index (χ3n) is 11.2. The Morgan fingerprint density at radius 3 is 2.60 bits per heavy atom. The van der Waals surface area contributed by atoms with Crippen molar-refractivity contribution in [2.75, 3.05) is 46.4 Å². The molecule has 1 aliphatic heterocycles. The molecule has 0 radical (unpaired) electrons. The lowest BCUT2D eigenvalue weighted by atomic mass is 9.90. The molecule has 8 rings (SSSR count). The van der Waals surface area contributed by atoms with Crippen molar-refractivity contribution in [2.24, 2.45) is 0 Å². The Morgan fingerprint density at radius 2 is 1.80 bits per heavy atom. The number of aryl methyl sites for hydroxylation is 1. The summed E-state index contributed by atoms with van der Waals surface area (Å²) in [5.74, 6) is -0.225. The molecule has 314 valence electrons. The van der Waals surface area contributed by atoms with Crippen LogP contribution in [0.1, 0.15) is 34.4 Å². The van der Waals surface area contributed by atoms with Gasteiger partial charge in [0.05, 0.1) is 26.5 Å². The number of hydrogen-bond acceptors (Lipinski definition) is 10. The summed E-state index contributed by atoms with van der Waals surface area (Å²) in [5.41, 5.74) is 7.18. The molecule has 0 amide bonds. The standard InChI is InChI=1S/C44H44ClF3N6O5S/c1-27-31(13-14-35(40(27)45)57-22-21-53-19-17-52(2)18-20-53)38-39-37(24-49-41(38)33-11-6-9-28-8-5-10-32(28)33)60-51-42(39)59-36(43(55)56)23-29-7-3-4-12-34(29)58-25-30-15-16-50-54(30)26-44(46,47)48/h3-4,6-7,9,11-16,24,36H,5,8,10,17-23,25-26H2,1-2H3,(H,55,56). The zero-order valence-corrected chi connectivity index (χ0v) is 34.7. The van der Waals surface area contributed by atoms with E-state index in [0.717, 1.165) is 90.5 Å². The fraction of sp³-hybridized carbons (Fsp3) is 0.364. The Balaban J connectivity index is 1.12. The molecule has 1 N–H and O–H groups in total. The average molecular weight is 861 g/mol. The van der Waals surface area contributed by atoms with Crippen LogP contribution < -0.4 is 14.2 Å². The topological polar surface area (TPSA) is 115 Å². The zero-order valence-electron chi connectivity index (χ0n) is 33.2. The highest BCUT2D eigenvalue weighted by molar-refractivity contribution is 7.13. The minimum Gasteiger partial charge on any atom is -0.491 e. The minimum atomic E-state index is -4.46. The van der Waals surface area contributed by atoms with Crippen LogP contribution >= 0.6 is 23.1 Å². The van der Waals surface area contributed by atoms with E-state index in [1.165, 1.54) is 23.4 Å². The number of hydrogen-bond donors (Lipinski definition) is 1. The van der Waals surface area contributed by atoms with Crippen LogP contribution in [0.2, 0.25) is 5.02 Å². The highest BCUT2D eigenvalue weighted by Gasteiger charge is 2.31. The smallest absolute Gasteiger partial charge is 0.408 e. The van der Waals surface area contributed by atoms with Gasteiger partial charge in [0, 0.05) is 62.7 Å².